The van der Waals surface area contributed by atoms with E-state index in [2.05, 4.69) is 10.0 Å². The summed E-state index contributed by atoms with van der Waals surface area (Å²) >= 11 is 0. The molecule has 1 aliphatic rings. The maximum Gasteiger partial charge on any atom is 0.307 e. The van der Waals surface area contributed by atoms with Gasteiger partial charge in [-0.3, -0.25) is 9.59 Å². The molecule has 1 aliphatic carbocycles. The molecule has 144 valence electrons. The van der Waals surface area contributed by atoms with Crippen molar-refractivity contribution >= 4 is 27.6 Å². The summed E-state index contributed by atoms with van der Waals surface area (Å²) in [7, 11) is -3.30. The van der Waals surface area contributed by atoms with Crippen molar-refractivity contribution in [3.63, 3.8) is 0 Å². The van der Waals surface area contributed by atoms with Gasteiger partial charge in [0, 0.05) is 17.6 Å². The van der Waals surface area contributed by atoms with Gasteiger partial charge in [-0.2, -0.15) is 0 Å². The van der Waals surface area contributed by atoms with Gasteiger partial charge >= 0.3 is 5.97 Å². The summed E-state index contributed by atoms with van der Waals surface area (Å²) in [4.78, 5) is 23.2. The molecule has 1 aromatic rings. The normalized spacial score (nSPS) is 20.7. The topological polar surface area (TPSA) is 113 Å². The fraction of sp³-hybridized carbons (Fsp3) is 0.556. The van der Waals surface area contributed by atoms with Crippen molar-refractivity contribution in [2.45, 2.75) is 57.2 Å². The molecule has 0 heterocycles. The lowest BCUT2D eigenvalue weighted by Crippen LogP contribution is -2.42. The maximum atomic E-state index is 12.4. The third kappa shape index (κ3) is 5.81. The molecule has 1 saturated carbocycles. The smallest absolute Gasteiger partial charge is 0.307 e. The Labute approximate surface area is 154 Å². The molecular weight excluding hydrogens is 356 g/mol. The summed E-state index contributed by atoms with van der Waals surface area (Å²) < 4.78 is 26.6. The van der Waals surface area contributed by atoms with Crippen LogP contribution in [0.2, 0.25) is 0 Å². The Balaban J connectivity index is 1.88. The molecule has 0 spiro atoms. The second kappa shape index (κ2) is 8.64. The lowest BCUT2D eigenvalue weighted by molar-refractivity contribution is -0.136. The number of nitrogens with one attached hydrogen (secondary N) is 2. The van der Waals surface area contributed by atoms with E-state index in [0.29, 0.717) is 36.9 Å². The van der Waals surface area contributed by atoms with Gasteiger partial charge in [0.05, 0.1) is 11.7 Å². The van der Waals surface area contributed by atoms with E-state index in [0.717, 1.165) is 0 Å². The fourth-order valence-corrected chi connectivity index (χ4v) is 3.99. The molecule has 0 saturated heterocycles. The summed E-state index contributed by atoms with van der Waals surface area (Å²) in [6.45, 7) is 3.28. The number of amides is 1. The van der Waals surface area contributed by atoms with E-state index in [9.17, 15) is 18.0 Å². The van der Waals surface area contributed by atoms with Gasteiger partial charge in [-0.25, -0.2) is 13.1 Å². The van der Waals surface area contributed by atoms with E-state index in [1.54, 1.807) is 38.1 Å². The van der Waals surface area contributed by atoms with Crippen molar-refractivity contribution in [2.24, 2.45) is 5.92 Å². The zero-order valence-electron chi connectivity index (χ0n) is 15.1. The zero-order valence-corrected chi connectivity index (χ0v) is 15.9. The molecule has 0 aromatic heterocycles. The van der Waals surface area contributed by atoms with Gasteiger partial charge in [-0.05, 0) is 57.2 Å². The van der Waals surface area contributed by atoms with E-state index >= 15 is 0 Å². The SMILES string of the molecule is CC(C)S(=O)(=O)NC1CCC(C(=O)Nc2cccc(CC(=O)O)c2)CC1. The predicted octanol–water partition coefficient (Wildman–Crippen LogP) is 2.14. The van der Waals surface area contributed by atoms with E-state index in [-0.39, 0.29) is 24.3 Å². The number of sulfonamides is 1. The number of carboxylic acid groups (broad SMARTS) is 1. The Morgan fingerprint density at radius 3 is 2.42 bits per heavy atom. The minimum atomic E-state index is -3.30. The molecular formula is C18H26N2O5S. The minimum Gasteiger partial charge on any atom is -0.481 e. The van der Waals surface area contributed by atoms with Gasteiger partial charge in [-0.1, -0.05) is 12.1 Å². The Hall–Kier alpha value is -1.93. The van der Waals surface area contributed by atoms with Crippen LogP contribution in [0.3, 0.4) is 0 Å². The van der Waals surface area contributed by atoms with Crippen LogP contribution in [0.4, 0.5) is 5.69 Å². The Morgan fingerprint density at radius 1 is 1.19 bits per heavy atom. The largest absolute Gasteiger partial charge is 0.481 e. The van der Waals surface area contributed by atoms with Gasteiger partial charge in [0.15, 0.2) is 0 Å². The van der Waals surface area contributed by atoms with Crippen molar-refractivity contribution in [1.82, 2.24) is 4.72 Å². The second-order valence-corrected chi connectivity index (χ2v) is 9.29. The van der Waals surface area contributed by atoms with Crippen LogP contribution in [0.5, 0.6) is 0 Å². The van der Waals surface area contributed by atoms with Crippen molar-refractivity contribution in [3.05, 3.63) is 29.8 Å². The first-order valence-corrected chi connectivity index (χ1v) is 10.3. The average molecular weight is 382 g/mol. The van der Waals surface area contributed by atoms with Crippen LogP contribution in [0.15, 0.2) is 24.3 Å². The van der Waals surface area contributed by atoms with Crippen molar-refractivity contribution in [2.75, 3.05) is 5.32 Å². The standard InChI is InChI=1S/C18H26N2O5S/c1-12(2)26(24,25)20-15-8-6-14(7-9-15)18(23)19-16-5-3-4-13(10-16)11-17(21)22/h3-5,10,12,14-15,20H,6-9,11H2,1-2H3,(H,19,23)(H,21,22). The summed E-state index contributed by atoms with van der Waals surface area (Å²) in [6.07, 6.45) is 2.40. The molecule has 0 bridgehead atoms. The lowest BCUT2D eigenvalue weighted by Gasteiger charge is -2.28. The monoisotopic (exact) mass is 382 g/mol. The fourth-order valence-electron chi connectivity index (χ4n) is 3.02. The molecule has 0 atom stereocenters. The quantitative estimate of drug-likeness (QED) is 0.669. The molecule has 1 amide bonds. The van der Waals surface area contributed by atoms with Crippen LogP contribution in [-0.4, -0.2) is 36.7 Å². The highest BCUT2D eigenvalue weighted by Gasteiger charge is 2.29. The number of carboxylic acids is 1. The number of hydrogen-bond donors (Lipinski definition) is 3. The third-order valence-corrected chi connectivity index (χ3v) is 6.50. The molecule has 3 N–H and O–H groups in total. The number of carbonyl (C=O) groups is 2. The van der Waals surface area contributed by atoms with Crippen molar-refractivity contribution in [3.8, 4) is 0 Å². The van der Waals surface area contributed by atoms with Gasteiger partial charge < -0.3 is 10.4 Å². The van der Waals surface area contributed by atoms with Crippen LogP contribution in [0.1, 0.15) is 45.1 Å². The molecule has 1 fully saturated rings. The minimum absolute atomic E-state index is 0.0924. The first-order valence-electron chi connectivity index (χ1n) is 8.80. The van der Waals surface area contributed by atoms with E-state index in [1.165, 1.54) is 0 Å². The third-order valence-electron chi connectivity index (χ3n) is 4.60. The van der Waals surface area contributed by atoms with Crippen LogP contribution >= 0.6 is 0 Å². The second-order valence-electron chi connectivity index (χ2n) is 7.02. The van der Waals surface area contributed by atoms with E-state index in [4.69, 9.17) is 5.11 Å². The number of rotatable bonds is 7. The van der Waals surface area contributed by atoms with Crippen LogP contribution in [-0.2, 0) is 26.0 Å². The number of aliphatic carboxylic acids is 1. The van der Waals surface area contributed by atoms with Gasteiger partial charge in [0.25, 0.3) is 0 Å². The lowest BCUT2D eigenvalue weighted by atomic mass is 9.86. The van der Waals surface area contributed by atoms with E-state index in [1.807, 2.05) is 0 Å². The molecule has 26 heavy (non-hydrogen) atoms. The Bertz CT molecular complexity index is 753. The highest BCUT2D eigenvalue weighted by Crippen LogP contribution is 2.26. The Kier molecular flexibility index (Phi) is 6.77. The summed E-state index contributed by atoms with van der Waals surface area (Å²) in [5.74, 6) is -1.20. The van der Waals surface area contributed by atoms with Gasteiger partial charge in [-0.15, -0.1) is 0 Å². The molecule has 0 radical (unpaired) electrons. The van der Waals surface area contributed by atoms with Crippen molar-refractivity contribution < 1.29 is 23.1 Å². The van der Waals surface area contributed by atoms with Crippen LogP contribution in [0, 0.1) is 5.92 Å². The Morgan fingerprint density at radius 2 is 1.85 bits per heavy atom. The van der Waals surface area contributed by atoms with Crippen LogP contribution in [0.25, 0.3) is 0 Å². The van der Waals surface area contributed by atoms with Crippen molar-refractivity contribution in [1.29, 1.82) is 0 Å². The summed E-state index contributed by atoms with van der Waals surface area (Å²) in [5.41, 5.74) is 1.21. The first-order chi connectivity index (χ1) is 12.2. The summed E-state index contributed by atoms with van der Waals surface area (Å²) in [6, 6.07) is 6.69. The number of anilines is 1. The zero-order chi connectivity index (χ0) is 19.3. The molecule has 2 rings (SSSR count). The maximum absolute atomic E-state index is 12.4. The van der Waals surface area contributed by atoms with Gasteiger partial charge in [0.1, 0.15) is 0 Å². The number of hydrogen-bond acceptors (Lipinski definition) is 4. The predicted molar refractivity (Wildman–Crippen MR) is 99.3 cm³/mol. The highest BCUT2D eigenvalue weighted by molar-refractivity contribution is 7.90. The van der Waals surface area contributed by atoms with Crippen LogP contribution < -0.4 is 10.0 Å². The average Bonchev–Trinajstić information content (AvgIpc) is 2.54. The van der Waals surface area contributed by atoms with E-state index < -0.39 is 21.2 Å². The molecule has 8 heteroatoms. The molecule has 0 unspecified atom stereocenters. The number of benzene rings is 1. The molecule has 0 aliphatic heterocycles. The van der Waals surface area contributed by atoms with Gasteiger partial charge in [0.2, 0.25) is 15.9 Å². The number of carbonyl (C=O) groups excluding carboxylic acids is 1. The molecule has 7 nitrogen and oxygen atoms in total. The first kappa shape index (κ1) is 20.4. The summed E-state index contributed by atoms with van der Waals surface area (Å²) in [5, 5.41) is 11.2. The highest BCUT2D eigenvalue weighted by atomic mass is 32.2. The molecule has 1 aromatic carbocycles.